The molecule has 0 aliphatic carbocycles. The predicted octanol–water partition coefficient (Wildman–Crippen LogP) is 2.30. The first-order valence-corrected chi connectivity index (χ1v) is 10.9. The molecule has 0 bridgehead atoms. The summed E-state index contributed by atoms with van der Waals surface area (Å²) in [6, 6.07) is 3.58. The Morgan fingerprint density at radius 1 is 1.17 bits per heavy atom. The minimum Gasteiger partial charge on any atom is -0.496 e. The third-order valence-electron chi connectivity index (χ3n) is 4.88. The van der Waals surface area contributed by atoms with Gasteiger partial charge in [-0.15, -0.1) is 24.0 Å². The van der Waals surface area contributed by atoms with E-state index in [1.807, 2.05) is 11.8 Å². The van der Waals surface area contributed by atoms with E-state index < -0.39 is 14.6 Å². The van der Waals surface area contributed by atoms with Crippen LogP contribution in [0.5, 0.6) is 17.2 Å². The van der Waals surface area contributed by atoms with E-state index in [1.54, 1.807) is 47.3 Å². The topological polar surface area (TPSA) is 89.5 Å². The maximum Gasteiger partial charge on any atom is 0.194 e. The molecule has 0 amide bonds. The fourth-order valence-corrected chi connectivity index (χ4v) is 4.50. The number of halogens is 1. The van der Waals surface area contributed by atoms with Crippen molar-refractivity contribution in [2.75, 3.05) is 46.7 Å². The van der Waals surface area contributed by atoms with Gasteiger partial charge in [-0.2, -0.15) is 0 Å². The van der Waals surface area contributed by atoms with Crippen LogP contribution in [-0.4, -0.2) is 70.7 Å². The maximum absolute atomic E-state index is 12.3. The Labute approximate surface area is 190 Å². The lowest BCUT2D eigenvalue weighted by Crippen LogP contribution is -2.57. The fourth-order valence-electron chi connectivity index (χ4n) is 3.14. The van der Waals surface area contributed by atoms with Crippen molar-refractivity contribution in [1.29, 1.82) is 0 Å². The quantitative estimate of drug-likeness (QED) is 0.336. The van der Waals surface area contributed by atoms with E-state index in [0.717, 1.165) is 5.56 Å². The van der Waals surface area contributed by atoms with Gasteiger partial charge in [0.15, 0.2) is 15.8 Å². The first-order valence-electron chi connectivity index (χ1n) is 9.23. The van der Waals surface area contributed by atoms with Crippen LogP contribution >= 0.6 is 24.0 Å². The van der Waals surface area contributed by atoms with E-state index in [4.69, 9.17) is 19.2 Å². The number of sulfone groups is 1. The highest BCUT2D eigenvalue weighted by atomic mass is 127. The summed E-state index contributed by atoms with van der Waals surface area (Å²) in [5, 5.41) is 3.26. The Morgan fingerprint density at radius 3 is 2.21 bits per heavy atom. The molecule has 0 spiro atoms. The summed E-state index contributed by atoms with van der Waals surface area (Å²) < 4.78 is 40.0. The summed E-state index contributed by atoms with van der Waals surface area (Å²) in [7, 11) is 1.64. The average Bonchev–Trinajstić information content (AvgIpc) is 2.66. The van der Waals surface area contributed by atoms with Gasteiger partial charge in [0.05, 0.1) is 43.9 Å². The van der Waals surface area contributed by atoms with E-state index >= 15 is 0 Å². The molecule has 1 heterocycles. The lowest BCUT2D eigenvalue weighted by Gasteiger charge is -2.39. The second-order valence-corrected chi connectivity index (χ2v) is 9.92. The Morgan fingerprint density at radius 2 is 1.76 bits per heavy atom. The van der Waals surface area contributed by atoms with Crippen LogP contribution in [0.1, 0.15) is 26.3 Å². The van der Waals surface area contributed by atoms with Crippen molar-refractivity contribution in [3.63, 3.8) is 0 Å². The molecule has 0 unspecified atom stereocenters. The highest BCUT2D eigenvalue weighted by molar-refractivity contribution is 14.0. The van der Waals surface area contributed by atoms with Crippen LogP contribution in [0.4, 0.5) is 0 Å². The van der Waals surface area contributed by atoms with Crippen LogP contribution in [0.3, 0.4) is 0 Å². The van der Waals surface area contributed by atoms with Crippen LogP contribution in [0, 0.1) is 0 Å². The molecule has 10 heteroatoms. The molecule has 0 saturated carbocycles. The highest BCUT2D eigenvalue weighted by Gasteiger charge is 2.41. The normalized spacial score (nSPS) is 17.9. The van der Waals surface area contributed by atoms with Gasteiger partial charge in [0.2, 0.25) is 0 Å². The van der Waals surface area contributed by atoms with Crippen molar-refractivity contribution in [3.05, 3.63) is 17.7 Å². The monoisotopic (exact) mass is 541 g/mol. The number of ether oxygens (including phenoxy) is 3. The zero-order chi connectivity index (χ0) is 20.9. The molecule has 1 fully saturated rings. The first-order chi connectivity index (χ1) is 13.2. The maximum atomic E-state index is 12.3. The van der Waals surface area contributed by atoms with Gasteiger partial charge in [-0.1, -0.05) is 0 Å². The molecule has 29 heavy (non-hydrogen) atoms. The molecule has 0 aromatic heterocycles. The molecule has 1 aromatic carbocycles. The van der Waals surface area contributed by atoms with Crippen molar-refractivity contribution in [3.8, 4) is 17.2 Å². The van der Waals surface area contributed by atoms with Gasteiger partial charge < -0.3 is 24.4 Å². The smallest absolute Gasteiger partial charge is 0.194 e. The standard InChI is InChI=1S/C19H31N3O5S.HI/c1-7-20-18(22-8-9-28(23,24)19(2,3)13-22)21-12-15-16(26-5)10-14(25-4)11-17(15)27-6;/h10-11H,7-9,12-13H2,1-6H3,(H,20,21);1H. The summed E-state index contributed by atoms with van der Waals surface area (Å²) >= 11 is 0. The molecular weight excluding hydrogens is 509 g/mol. The Hall–Kier alpha value is -1.43. The van der Waals surface area contributed by atoms with Gasteiger partial charge >= 0.3 is 0 Å². The van der Waals surface area contributed by atoms with Crippen molar-refractivity contribution < 1.29 is 22.6 Å². The molecule has 2 rings (SSSR count). The molecular formula is C19H32IN3O5S. The highest BCUT2D eigenvalue weighted by Crippen LogP contribution is 2.34. The van der Waals surface area contributed by atoms with Gasteiger partial charge in [-0.05, 0) is 20.8 Å². The van der Waals surface area contributed by atoms with Crippen molar-refractivity contribution >= 4 is 39.8 Å². The third-order valence-corrected chi connectivity index (χ3v) is 7.41. The van der Waals surface area contributed by atoms with Crippen LogP contribution in [-0.2, 0) is 16.4 Å². The van der Waals surface area contributed by atoms with E-state index in [9.17, 15) is 8.42 Å². The van der Waals surface area contributed by atoms with Gasteiger partial charge in [-0.25, -0.2) is 13.4 Å². The van der Waals surface area contributed by atoms with Gasteiger partial charge in [-0.3, -0.25) is 0 Å². The zero-order valence-electron chi connectivity index (χ0n) is 17.9. The largest absolute Gasteiger partial charge is 0.496 e. The summed E-state index contributed by atoms with van der Waals surface area (Å²) in [5.41, 5.74) is 0.796. The zero-order valence-corrected chi connectivity index (χ0v) is 21.1. The third kappa shape index (κ3) is 5.80. The first kappa shape index (κ1) is 25.6. The second-order valence-electron chi connectivity index (χ2n) is 7.18. The number of benzene rings is 1. The minimum absolute atomic E-state index is 0. The van der Waals surface area contributed by atoms with Crippen LogP contribution in [0.2, 0.25) is 0 Å². The van der Waals surface area contributed by atoms with Crippen LogP contribution in [0.25, 0.3) is 0 Å². The second kappa shape index (κ2) is 10.6. The molecule has 8 nitrogen and oxygen atoms in total. The fraction of sp³-hybridized carbons (Fsp3) is 0.632. The Kier molecular flexibility index (Phi) is 9.32. The predicted molar refractivity (Wildman–Crippen MR) is 126 cm³/mol. The molecule has 166 valence electrons. The minimum atomic E-state index is -3.12. The Balaban J connectivity index is 0.00000420. The van der Waals surface area contributed by atoms with E-state index in [-0.39, 0.29) is 29.7 Å². The van der Waals surface area contributed by atoms with E-state index in [2.05, 4.69) is 5.32 Å². The SMILES string of the molecule is CCNC(=NCc1c(OC)cc(OC)cc1OC)N1CCS(=O)(=O)C(C)(C)C1.I. The van der Waals surface area contributed by atoms with E-state index in [0.29, 0.717) is 49.4 Å². The van der Waals surface area contributed by atoms with Crippen LogP contribution < -0.4 is 19.5 Å². The summed E-state index contributed by atoms with van der Waals surface area (Å²) in [4.78, 5) is 6.72. The number of aliphatic imine (C=N–C) groups is 1. The van der Waals surface area contributed by atoms with Gasteiger partial charge in [0.1, 0.15) is 17.2 Å². The number of hydrogen-bond acceptors (Lipinski definition) is 6. The van der Waals surface area contributed by atoms with Crippen molar-refractivity contribution in [2.45, 2.75) is 32.1 Å². The number of rotatable bonds is 6. The summed E-state index contributed by atoms with van der Waals surface area (Å²) in [6.07, 6.45) is 0. The average molecular weight is 541 g/mol. The van der Waals surface area contributed by atoms with E-state index in [1.165, 1.54) is 0 Å². The summed E-state index contributed by atoms with van der Waals surface area (Å²) in [6.45, 7) is 7.30. The number of hydrogen-bond donors (Lipinski definition) is 1. The Bertz CT molecular complexity index is 802. The molecule has 1 aliphatic rings. The van der Waals surface area contributed by atoms with Gasteiger partial charge in [0.25, 0.3) is 0 Å². The number of guanidine groups is 1. The number of methoxy groups -OCH3 is 3. The molecule has 1 N–H and O–H groups in total. The van der Waals surface area contributed by atoms with Gasteiger partial charge in [0, 0.05) is 31.8 Å². The lowest BCUT2D eigenvalue weighted by molar-refractivity contribution is 0.352. The van der Waals surface area contributed by atoms with Crippen molar-refractivity contribution in [2.24, 2.45) is 4.99 Å². The van der Waals surface area contributed by atoms with Crippen LogP contribution in [0.15, 0.2) is 17.1 Å². The van der Waals surface area contributed by atoms with Crippen molar-refractivity contribution in [1.82, 2.24) is 10.2 Å². The lowest BCUT2D eigenvalue weighted by atomic mass is 10.1. The molecule has 1 saturated heterocycles. The molecule has 0 atom stereocenters. The molecule has 1 aliphatic heterocycles. The summed E-state index contributed by atoms with van der Waals surface area (Å²) in [5.74, 6) is 2.66. The number of nitrogens with zero attached hydrogens (tertiary/aromatic N) is 2. The molecule has 0 radical (unpaired) electrons. The number of nitrogens with one attached hydrogen (secondary N) is 1. The molecule has 1 aromatic rings.